The normalized spacial score (nSPS) is 22.5. The number of rotatable bonds is 4. The van der Waals surface area contributed by atoms with Gasteiger partial charge in [0.1, 0.15) is 0 Å². The van der Waals surface area contributed by atoms with E-state index in [1.54, 1.807) is 0 Å². The summed E-state index contributed by atoms with van der Waals surface area (Å²) in [5.74, 6) is 0. The Morgan fingerprint density at radius 2 is 1.81 bits per heavy atom. The highest BCUT2D eigenvalue weighted by Crippen LogP contribution is 2.17. The summed E-state index contributed by atoms with van der Waals surface area (Å²) in [5.41, 5.74) is 0. The van der Waals surface area contributed by atoms with E-state index in [1.165, 1.54) is 51.6 Å². The zero-order valence-electron chi connectivity index (χ0n) is 10.0. The molecule has 0 aromatic heterocycles. The SMILES string of the molecule is S=C(NCCN1CCCC1)NC1CCCC1. The quantitative estimate of drug-likeness (QED) is 0.729. The standard InChI is InChI=1S/C12H23N3S/c16-12(14-11-5-1-2-6-11)13-7-10-15-8-3-4-9-15/h11H,1-10H2,(H2,13,14,16). The molecule has 2 rings (SSSR count). The van der Waals surface area contributed by atoms with Gasteiger partial charge >= 0.3 is 0 Å². The zero-order chi connectivity index (χ0) is 11.2. The Kier molecular flexibility index (Phi) is 4.85. The fraction of sp³-hybridized carbons (Fsp3) is 0.917. The van der Waals surface area contributed by atoms with Crippen molar-refractivity contribution in [3.05, 3.63) is 0 Å². The summed E-state index contributed by atoms with van der Waals surface area (Å²) in [7, 11) is 0. The average molecular weight is 241 g/mol. The molecule has 4 heteroatoms. The molecule has 3 nitrogen and oxygen atoms in total. The first-order valence-electron chi connectivity index (χ1n) is 6.61. The minimum atomic E-state index is 0.631. The molecule has 0 aromatic carbocycles. The van der Waals surface area contributed by atoms with Crippen LogP contribution in [0.1, 0.15) is 38.5 Å². The molecule has 0 atom stereocenters. The van der Waals surface area contributed by atoms with Gasteiger partial charge in [-0.05, 0) is 51.0 Å². The molecule has 0 aromatic rings. The summed E-state index contributed by atoms with van der Waals surface area (Å²) in [6.45, 7) is 4.65. The van der Waals surface area contributed by atoms with Crippen LogP contribution < -0.4 is 10.6 Å². The van der Waals surface area contributed by atoms with Crippen LogP contribution in [0.5, 0.6) is 0 Å². The molecule has 16 heavy (non-hydrogen) atoms. The summed E-state index contributed by atoms with van der Waals surface area (Å²) in [6, 6.07) is 0.631. The molecular weight excluding hydrogens is 218 g/mol. The molecular formula is C12H23N3S. The van der Waals surface area contributed by atoms with Gasteiger partial charge in [-0.15, -0.1) is 0 Å². The first kappa shape index (κ1) is 12.1. The first-order valence-corrected chi connectivity index (χ1v) is 7.02. The lowest BCUT2D eigenvalue weighted by atomic mass is 10.3. The molecule has 2 fully saturated rings. The van der Waals surface area contributed by atoms with Crippen LogP contribution in [0.2, 0.25) is 0 Å². The van der Waals surface area contributed by atoms with Crippen molar-refractivity contribution < 1.29 is 0 Å². The van der Waals surface area contributed by atoms with Crippen molar-refractivity contribution in [1.29, 1.82) is 0 Å². The van der Waals surface area contributed by atoms with Gasteiger partial charge in [0.25, 0.3) is 0 Å². The summed E-state index contributed by atoms with van der Waals surface area (Å²) in [5, 5.41) is 7.57. The zero-order valence-corrected chi connectivity index (χ0v) is 10.8. The van der Waals surface area contributed by atoms with E-state index in [0.717, 1.165) is 18.2 Å². The Balaban J connectivity index is 1.52. The number of hydrogen-bond donors (Lipinski definition) is 2. The Hall–Kier alpha value is -0.350. The molecule has 92 valence electrons. The molecule has 0 amide bonds. The molecule has 0 spiro atoms. The van der Waals surface area contributed by atoms with E-state index in [-0.39, 0.29) is 0 Å². The van der Waals surface area contributed by atoms with Crippen LogP contribution >= 0.6 is 12.2 Å². The van der Waals surface area contributed by atoms with Crippen LogP contribution in [0.15, 0.2) is 0 Å². The minimum Gasteiger partial charge on any atom is -0.361 e. The van der Waals surface area contributed by atoms with Crippen LogP contribution in [0, 0.1) is 0 Å². The lowest BCUT2D eigenvalue weighted by Gasteiger charge is -2.18. The third-order valence-electron chi connectivity index (χ3n) is 3.60. The third-order valence-corrected chi connectivity index (χ3v) is 3.86. The third kappa shape index (κ3) is 3.91. The van der Waals surface area contributed by atoms with E-state index in [0.29, 0.717) is 6.04 Å². The smallest absolute Gasteiger partial charge is 0.166 e. The van der Waals surface area contributed by atoms with Gasteiger partial charge in [-0.3, -0.25) is 0 Å². The molecule has 1 aliphatic carbocycles. The van der Waals surface area contributed by atoms with Crippen LogP contribution in [0.25, 0.3) is 0 Å². The second kappa shape index (κ2) is 6.40. The topological polar surface area (TPSA) is 27.3 Å². The van der Waals surface area contributed by atoms with Crippen molar-refractivity contribution in [1.82, 2.24) is 15.5 Å². The van der Waals surface area contributed by atoms with Crippen LogP contribution in [0.3, 0.4) is 0 Å². The van der Waals surface area contributed by atoms with Gasteiger partial charge < -0.3 is 15.5 Å². The van der Waals surface area contributed by atoms with Gasteiger partial charge in [-0.2, -0.15) is 0 Å². The van der Waals surface area contributed by atoms with Crippen molar-refractivity contribution in [3.63, 3.8) is 0 Å². The van der Waals surface area contributed by atoms with E-state index in [4.69, 9.17) is 12.2 Å². The molecule has 2 N–H and O–H groups in total. The number of hydrogen-bond acceptors (Lipinski definition) is 2. The summed E-state index contributed by atoms with van der Waals surface area (Å²) < 4.78 is 0. The number of nitrogens with one attached hydrogen (secondary N) is 2. The maximum Gasteiger partial charge on any atom is 0.166 e. The Labute approximate surface area is 104 Å². The van der Waals surface area contributed by atoms with Crippen molar-refractivity contribution in [2.75, 3.05) is 26.2 Å². The monoisotopic (exact) mass is 241 g/mol. The number of thiocarbonyl (C=S) groups is 1. The van der Waals surface area contributed by atoms with Gasteiger partial charge in [0.15, 0.2) is 5.11 Å². The lowest BCUT2D eigenvalue weighted by molar-refractivity contribution is 0.343. The molecule has 1 saturated carbocycles. The molecule has 0 unspecified atom stereocenters. The number of nitrogens with zero attached hydrogens (tertiary/aromatic N) is 1. The van der Waals surface area contributed by atoms with Crippen LogP contribution in [-0.4, -0.2) is 42.2 Å². The first-order chi connectivity index (χ1) is 7.84. The minimum absolute atomic E-state index is 0.631. The van der Waals surface area contributed by atoms with E-state index >= 15 is 0 Å². The summed E-state index contributed by atoms with van der Waals surface area (Å²) >= 11 is 5.29. The average Bonchev–Trinajstić information content (AvgIpc) is 2.90. The van der Waals surface area contributed by atoms with Crippen LogP contribution in [-0.2, 0) is 0 Å². The second-order valence-electron chi connectivity index (χ2n) is 4.93. The van der Waals surface area contributed by atoms with Gasteiger partial charge in [0.2, 0.25) is 0 Å². The van der Waals surface area contributed by atoms with E-state index in [9.17, 15) is 0 Å². The van der Waals surface area contributed by atoms with Gasteiger partial charge in [-0.1, -0.05) is 12.8 Å². The van der Waals surface area contributed by atoms with E-state index < -0.39 is 0 Å². The fourth-order valence-electron chi connectivity index (χ4n) is 2.64. The maximum atomic E-state index is 5.29. The molecule has 2 aliphatic rings. The van der Waals surface area contributed by atoms with Gasteiger partial charge in [0, 0.05) is 19.1 Å². The summed E-state index contributed by atoms with van der Waals surface area (Å²) in [6.07, 6.45) is 8.01. The number of likely N-dealkylation sites (tertiary alicyclic amines) is 1. The van der Waals surface area contributed by atoms with Gasteiger partial charge in [0.05, 0.1) is 0 Å². The highest BCUT2D eigenvalue weighted by atomic mass is 32.1. The summed E-state index contributed by atoms with van der Waals surface area (Å²) in [4.78, 5) is 2.51. The van der Waals surface area contributed by atoms with Crippen molar-refractivity contribution in [3.8, 4) is 0 Å². The largest absolute Gasteiger partial charge is 0.361 e. The molecule has 0 radical (unpaired) electrons. The molecule has 1 saturated heterocycles. The Morgan fingerprint density at radius 1 is 1.12 bits per heavy atom. The predicted octanol–water partition coefficient (Wildman–Crippen LogP) is 1.49. The van der Waals surface area contributed by atoms with Crippen molar-refractivity contribution in [2.24, 2.45) is 0 Å². The van der Waals surface area contributed by atoms with Crippen LogP contribution in [0.4, 0.5) is 0 Å². The van der Waals surface area contributed by atoms with Gasteiger partial charge in [-0.25, -0.2) is 0 Å². The maximum absolute atomic E-state index is 5.29. The second-order valence-corrected chi connectivity index (χ2v) is 5.34. The highest BCUT2D eigenvalue weighted by Gasteiger charge is 2.15. The predicted molar refractivity (Wildman–Crippen MR) is 71.7 cm³/mol. The van der Waals surface area contributed by atoms with Crippen molar-refractivity contribution in [2.45, 2.75) is 44.6 Å². The molecule has 1 aliphatic heterocycles. The van der Waals surface area contributed by atoms with E-state index in [1.807, 2.05) is 0 Å². The van der Waals surface area contributed by atoms with Crippen molar-refractivity contribution >= 4 is 17.3 Å². The highest BCUT2D eigenvalue weighted by molar-refractivity contribution is 7.80. The molecule has 1 heterocycles. The lowest BCUT2D eigenvalue weighted by Crippen LogP contribution is -2.43. The Morgan fingerprint density at radius 3 is 2.50 bits per heavy atom. The molecule has 0 bridgehead atoms. The fourth-order valence-corrected chi connectivity index (χ4v) is 2.91. The van der Waals surface area contributed by atoms with E-state index in [2.05, 4.69) is 15.5 Å². The Bertz CT molecular complexity index is 220.